The van der Waals surface area contributed by atoms with Crippen molar-refractivity contribution >= 4 is 5.97 Å². The lowest BCUT2D eigenvalue weighted by molar-refractivity contribution is -0.150. The molecule has 0 amide bonds. The van der Waals surface area contributed by atoms with Crippen LogP contribution >= 0.6 is 0 Å². The van der Waals surface area contributed by atoms with Gasteiger partial charge in [0.15, 0.2) is 0 Å². The van der Waals surface area contributed by atoms with Gasteiger partial charge < -0.3 is 4.74 Å². The molecule has 4 heteroatoms. The average Bonchev–Trinajstić information content (AvgIpc) is 1.82. The predicted octanol–water partition coefficient (Wildman–Crippen LogP) is 1.33. The van der Waals surface area contributed by atoms with Gasteiger partial charge in [-0.15, -0.1) is 0 Å². The second kappa shape index (κ2) is 4.00. The van der Waals surface area contributed by atoms with Crippen LogP contribution in [0.3, 0.4) is 0 Å². The minimum Gasteiger partial charge on any atom is -0.431 e. The van der Waals surface area contributed by atoms with E-state index in [1.165, 1.54) is 6.08 Å². The number of carbonyl (C=O) groups is 1. The van der Waals surface area contributed by atoms with E-state index in [1.807, 2.05) is 0 Å². The molecule has 9 heavy (non-hydrogen) atoms. The SMILES string of the molecule is CC=COC(=O)C(F)F. The van der Waals surface area contributed by atoms with Crippen molar-refractivity contribution in [3.63, 3.8) is 0 Å². The van der Waals surface area contributed by atoms with Crippen LogP contribution < -0.4 is 0 Å². The molecule has 0 radical (unpaired) electrons. The number of carbonyl (C=O) groups excluding carboxylic acids is 1. The molecule has 0 spiro atoms. The smallest absolute Gasteiger partial charge is 0.378 e. The Bertz CT molecular complexity index is 120. The monoisotopic (exact) mass is 136 g/mol. The zero-order valence-electron chi connectivity index (χ0n) is 4.80. The fourth-order valence-corrected chi connectivity index (χ4v) is 0.187. The van der Waals surface area contributed by atoms with Crippen molar-refractivity contribution in [2.45, 2.75) is 13.3 Å². The van der Waals surface area contributed by atoms with Crippen LogP contribution in [0.2, 0.25) is 0 Å². The van der Waals surface area contributed by atoms with Crippen LogP contribution in [0.4, 0.5) is 8.78 Å². The van der Waals surface area contributed by atoms with E-state index < -0.39 is 12.4 Å². The summed E-state index contributed by atoms with van der Waals surface area (Å²) < 4.78 is 26.4. The number of rotatable bonds is 2. The van der Waals surface area contributed by atoms with Crippen molar-refractivity contribution in [1.82, 2.24) is 0 Å². The van der Waals surface area contributed by atoms with Crippen LogP contribution in [0.1, 0.15) is 6.92 Å². The molecule has 0 fully saturated rings. The first-order valence-corrected chi connectivity index (χ1v) is 2.28. The van der Waals surface area contributed by atoms with Gasteiger partial charge in [0, 0.05) is 0 Å². The minimum absolute atomic E-state index is 0.911. The number of allylic oxidation sites excluding steroid dienone is 1. The van der Waals surface area contributed by atoms with Crippen LogP contribution in [-0.4, -0.2) is 12.4 Å². The molecule has 0 saturated heterocycles. The Morgan fingerprint density at radius 3 is 2.56 bits per heavy atom. The molecule has 0 aromatic heterocycles. The number of halogens is 2. The highest BCUT2D eigenvalue weighted by atomic mass is 19.3. The van der Waals surface area contributed by atoms with E-state index in [1.54, 1.807) is 6.92 Å². The van der Waals surface area contributed by atoms with Gasteiger partial charge in [-0.3, -0.25) is 0 Å². The van der Waals surface area contributed by atoms with E-state index in [0.29, 0.717) is 0 Å². The standard InChI is InChI=1S/C5H6F2O2/c1-2-3-9-5(8)4(6)7/h2-4H,1H3. The van der Waals surface area contributed by atoms with Crippen molar-refractivity contribution in [3.8, 4) is 0 Å². The lowest BCUT2D eigenvalue weighted by Crippen LogP contribution is -2.10. The Balaban J connectivity index is 3.51. The summed E-state index contributed by atoms with van der Waals surface area (Å²) >= 11 is 0. The molecule has 2 nitrogen and oxygen atoms in total. The first-order chi connectivity index (χ1) is 4.18. The summed E-state index contributed by atoms with van der Waals surface area (Å²) in [5.74, 6) is -1.52. The molecule has 0 rings (SSSR count). The van der Waals surface area contributed by atoms with Crippen LogP contribution in [0.5, 0.6) is 0 Å². The summed E-state index contributed by atoms with van der Waals surface area (Å²) in [5.41, 5.74) is 0. The van der Waals surface area contributed by atoms with Crippen molar-refractivity contribution in [1.29, 1.82) is 0 Å². The Labute approximate surface area is 51.1 Å². The first kappa shape index (κ1) is 8.07. The first-order valence-electron chi connectivity index (χ1n) is 2.28. The molecule has 0 aromatic rings. The minimum atomic E-state index is -3.04. The second-order valence-electron chi connectivity index (χ2n) is 1.21. The third-order valence-corrected chi connectivity index (χ3v) is 0.498. The van der Waals surface area contributed by atoms with E-state index >= 15 is 0 Å². The molecule has 0 saturated carbocycles. The van der Waals surface area contributed by atoms with Gasteiger partial charge in [-0.1, -0.05) is 6.08 Å². The summed E-state index contributed by atoms with van der Waals surface area (Å²) in [5, 5.41) is 0. The number of ether oxygens (including phenoxy) is 1. The highest BCUT2D eigenvalue weighted by Gasteiger charge is 2.14. The predicted molar refractivity (Wildman–Crippen MR) is 26.9 cm³/mol. The molecule has 0 N–H and O–H groups in total. The lowest BCUT2D eigenvalue weighted by atomic mass is 10.7. The van der Waals surface area contributed by atoms with E-state index in [-0.39, 0.29) is 0 Å². The number of alkyl halides is 2. The Kier molecular flexibility index (Phi) is 3.59. The molecule has 0 unspecified atom stereocenters. The van der Waals surface area contributed by atoms with Crippen molar-refractivity contribution in [3.05, 3.63) is 12.3 Å². The van der Waals surface area contributed by atoms with Crippen LogP contribution in [0, 0.1) is 0 Å². The van der Waals surface area contributed by atoms with Gasteiger partial charge in [-0.2, -0.15) is 8.78 Å². The maximum atomic E-state index is 11.2. The molecule has 0 aliphatic heterocycles. The van der Waals surface area contributed by atoms with Gasteiger partial charge in [-0.05, 0) is 6.92 Å². The Morgan fingerprint density at radius 1 is 1.67 bits per heavy atom. The zero-order chi connectivity index (χ0) is 7.28. The molecule has 0 aromatic carbocycles. The van der Waals surface area contributed by atoms with Gasteiger partial charge in [0.1, 0.15) is 0 Å². The normalized spacial score (nSPS) is 10.7. The maximum absolute atomic E-state index is 11.2. The average molecular weight is 136 g/mol. The second-order valence-corrected chi connectivity index (χ2v) is 1.21. The molecule has 0 atom stereocenters. The summed E-state index contributed by atoms with van der Waals surface area (Å²) in [6.07, 6.45) is -0.782. The fourth-order valence-electron chi connectivity index (χ4n) is 0.187. The van der Waals surface area contributed by atoms with E-state index in [0.717, 1.165) is 6.26 Å². The third-order valence-electron chi connectivity index (χ3n) is 0.498. The number of hydrogen-bond acceptors (Lipinski definition) is 2. The molecule has 0 aliphatic rings. The molecule has 0 heterocycles. The van der Waals surface area contributed by atoms with Gasteiger partial charge >= 0.3 is 12.4 Å². The lowest BCUT2D eigenvalue weighted by Gasteiger charge is -1.93. The van der Waals surface area contributed by atoms with Crippen molar-refractivity contribution < 1.29 is 18.3 Å². The molecule has 0 aliphatic carbocycles. The number of esters is 1. The topological polar surface area (TPSA) is 26.3 Å². The molecule has 52 valence electrons. The van der Waals surface area contributed by atoms with Gasteiger partial charge in [-0.25, -0.2) is 4.79 Å². The largest absolute Gasteiger partial charge is 0.431 e. The molecular weight excluding hydrogens is 130 g/mol. The third kappa shape index (κ3) is 3.64. The Morgan fingerprint density at radius 2 is 2.22 bits per heavy atom. The van der Waals surface area contributed by atoms with Gasteiger partial charge in [0.2, 0.25) is 0 Å². The van der Waals surface area contributed by atoms with E-state index in [9.17, 15) is 13.6 Å². The number of hydrogen-bond donors (Lipinski definition) is 0. The summed E-state index contributed by atoms with van der Waals surface area (Å²) in [4.78, 5) is 9.88. The fraction of sp³-hybridized carbons (Fsp3) is 0.400. The summed E-state index contributed by atoms with van der Waals surface area (Å²) in [6, 6.07) is 0. The van der Waals surface area contributed by atoms with Crippen LogP contribution in [0.25, 0.3) is 0 Å². The highest BCUT2D eigenvalue weighted by Crippen LogP contribution is 1.95. The quantitative estimate of drug-likeness (QED) is 0.422. The summed E-state index contributed by atoms with van der Waals surface area (Å²) in [7, 11) is 0. The van der Waals surface area contributed by atoms with Crippen LogP contribution in [0.15, 0.2) is 12.3 Å². The highest BCUT2D eigenvalue weighted by molar-refractivity contribution is 5.73. The van der Waals surface area contributed by atoms with Gasteiger partial charge in [0.25, 0.3) is 0 Å². The Hall–Kier alpha value is -0.930. The van der Waals surface area contributed by atoms with Crippen LogP contribution in [-0.2, 0) is 9.53 Å². The van der Waals surface area contributed by atoms with Crippen molar-refractivity contribution in [2.24, 2.45) is 0 Å². The zero-order valence-corrected chi connectivity index (χ0v) is 4.80. The van der Waals surface area contributed by atoms with E-state index in [2.05, 4.69) is 4.74 Å². The summed E-state index contributed by atoms with van der Waals surface area (Å²) in [6.45, 7) is 1.55. The molecular formula is C5H6F2O2. The van der Waals surface area contributed by atoms with Gasteiger partial charge in [0.05, 0.1) is 6.26 Å². The van der Waals surface area contributed by atoms with E-state index in [4.69, 9.17) is 0 Å². The molecule has 0 bridgehead atoms. The maximum Gasteiger partial charge on any atom is 0.378 e. The van der Waals surface area contributed by atoms with Crippen molar-refractivity contribution in [2.75, 3.05) is 0 Å².